The van der Waals surface area contributed by atoms with Gasteiger partial charge in [-0.1, -0.05) is 50.2 Å². The molecular formula is C17H19N3. The van der Waals surface area contributed by atoms with Gasteiger partial charge in [0, 0.05) is 5.92 Å². The molecule has 102 valence electrons. The Kier molecular flexibility index (Phi) is 3.42. The second-order valence-electron chi connectivity index (χ2n) is 5.31. The molecule has 3 nitrogen and oxygen atoms in total. The highest BCUT2D eigenvalue weighted by molar-refractivity contribution is 5.89. The van der Waals surface area contributed by atoms with E-state index < -0.39 is 0 Å². The Bertz CT molecular complexity index is 617. The Balaban J connectivity index is 2.03. The van der Waals surface area contributed by atoms with E-state index in [4.69, 9.17) is 4.99 Å². The van der Waals surface area contributed by atoms with Gasteiger partial charge in [0.05, 0.1) is 17.9 Å². The molecule has 1 N–H and O–H groups in total. The van der Waals surface area contributed by atoms with E-state index in [0.29, 0.717) is 5.92 Å². The van der Waals surface area contributed by atoms with E-state index in [0.717, 1.165) is 23.8 Å². The van der Waals surface area contributed by atoms with Crippen LogP contribution in [-0.4, -0.2) is 5.84 Å². The summed E-state index contributed by atoms with van der Waals surface area (Å²) >= 11 is 0. The van der Waals surface area contributed by atoms with Crippen LogP contribution < -0.4 is 10.4 Å². The molecule has 2 aromatic carbocycles. The Hall–Kier alpha value is -2.29. The maximum absolute atomic E-state index is 4.78. The fourth-order valence-electron chi connectivity index (χ4n) is 2.28. The molecular weight excluding hydrogens is 246 g/mol. The molecule has 1 aliphatic heterocycles. The van der Waals surface area contributed by atoms with Crippen LogP contribution in [0.4, 0.5) is 11.4 Å². The fourth-order valence-corrected chi connectivity index (χ4v) is 2.28. The topological polar surface area (TPSA) is 27.6 Å². The van der Waals surface area contributed by atoms with E-state index in [1.807, 2.05) is 12.1 Å². The van der Waals surface area contributed by atoms with Crippen LogP contribution in [0.1, 0.15) is 19.4 Å². The van der Waals surface area contributed by atoms with Crippen molar-refractivity contribution in [3.63, 3.8) is 0 Å². The van der Waals surface area contributed by atoms with Gasteiger partial charge < -0.3 is 0 Å². The molecule has 1 heterocycles. The number of hydrogen-bond donors (Lipinski definition) is 1. The normalized spacial score (nSPS) is 14.3. The lowest BCUT2D eigenvalue weighted by Crippen LogP contribution is -2.42. The highest BCUT2D eigenvalue weighted by Gasteiger charge is 2.17. The van der Waals surface area contributed by atoms with Gasteiger partial charge in [0.15, 0.2) is 0 Å². The van der Waals surface area contributed by atoms with Gasteiger partial charge in [0.2, 0.25) is 0 Å². The Morgan fingerprint density at radius 2 is 1.70 bits per heavy atom. The molecule has 2 aromatic rings. The number of hydrazine groups is 1. The van der Waals surface area contributed by atoms with Gasteiger partial charge in [-0.05, 0) is 23.8 Å². The number of rotatable bonds is 2. The van der Waals surface area contributed by atoms with E-state index in [1.54, 1.807) is 0 Å². The maximum Gasteiger partial charge on any atom is 0.123 e. The summed E-state index contributed by atoms with van der Waals surface area (Å²) in [5.41, 5.74) is 6.91. The van der Waals surface area contributed by atoms with Crippen molar-refractivity contribution in [3.8, 4) is 0 Å². The number of fused-ring (bicyclic) bond motifs is 1. The number of aliphatic imine (C=N–C) groups is 1. The standard InChI is InChI=1S/C17H19N3/c1-13(2)17-18-16-11-7-6-8-14(16)12-20(19-17)15-9-4-3-5-10-15/h3-11,13H,12H2,1-2H3,(H,18,19). The quantitative estimate of drug-likeness (QED) is 0.892. The van der Waals surface area contributed by atoms with Crippen molar-refractivity contribution < 1.29 is 0 Å². The first kappa shape index (κ1) is 12.7. The lowest BCUT2D eigenvalue weighted by atomic mass is 10.1. The number of nitrogens with one attached hydrogen (secondary N) is 1. The van der Waals surface area contributed by atoms with Crippen LogP contribution in [-0.2, 0) is 6.54 Å². The van der Waals surface area contributed by atoms with E-state index in [-0.39, 0.29) is 0 Å². The zero-order valence-electron chi connectivity index (χ0n) is 11.9. The molecule has 0 aliphatic carbocycles. The number of nitrogens with zero attached hydrogens (tertiary/aromatic N) is 2. The molecule has 0 aromatic heterocycles. The molecule has 0 saturated heterocycles. The Morgan fingerprint density at radius 1 is 1.00 bits per heavy atom. The molecule has 0 saturated carbocycles. The first-order chi connectivity index (χ1) is 9.74. The van der Waals surface area contributed by atoms with E-state index in [1.165, 1.54) is 5.56 Å². The SMILES string of the molecule is CC(C)C1=Nc2ccccc2CN(c2ccccc2)N1. The van der Waals surface area contributed by atoms with Crippen LogP contribution in [0, 0.1) is 5.92 Å². The summed E-state index contributed by atoms with van der Waals surface area (Å²) in [5.74, 6) is 1.35. The van der Waals surface area contributed by atoms with Gasteiger partial charge in [-0.3, -0.25) is 10.4 Å². The monoisotopic (exact) mass is 265 g/mol. The summed E-state index contributed by atoms with van der Waals surface area (Å²) in [5, 5.41) is 2.16. The third kappa shape index (κ3) is 2.52. The van der Waals surface area contributed by atoms with Gasteiger partial charge in [-0.25, -0.2) is 4.99 Å². The lowest BCUT2D eigenvalue weighted by Gasteiger charge is -2.26. The summed E-state index contributed by atoms with van der Waals surface area (Å²) < 4.78 is 0. The van der Waals surface area contributed by atoms with Crippen LogP contribution in [0.5, 0.6) is 0 Å². The number of benzene rings is 2. The minimum Gasteiger partial charge on any atom is -0.285 e. The number of para-hydroxylation sites is 2. The molecule has 3 rings (SSSR count). The Morgan fingerprint density at radius 3 is 2.45 bits per heavy atom. The maximum atomic E-state index is 4.78. The second-order valence-corrected chi connectivity index (χ2v) is 5.31. The highest BCUT2D eigenvalue weighted by atomic mass is 15.5. The molecule has 0 fully saturated rings. The van der Waals surface area contributed by atoms with Gasteiger partial charge >= 0.3 is 0 Å². The molecule has 0 spiro atoms. The molecule has 3 heteroatoms. The predicted octanol–water partition coefficient (Wildman–Crippen LogP) is 3.90. The van der Waals surface area contributed by atoms with Crippen molar-refractivity contribution in [2.24, 2.45) is 10.9 Å². The first-order valence-electron chi connectivity index (χ1n) is 7.00. The van der Waals surface area contributed by atoms with Crippen LogP contribution in [0.25, 0.3) is 0 Å². The molecule has 20 heavy (non-hydrogen) atoms. The summed E-state index contributed by atoms with van der Waals surface area (Å²) in [6.07, 6.45) is 0. The molecule has 0 radical (unpaired) electrons. The molecule has 1 aliphatic rings. The van der Waals surface area contributed by atoms with Crippen molar-refractivity contribution in [1.29, 1.82) is 0 Å². The summed E-state index contributed by atoms with van der Waals surface area (Å²) in [7, 11) is 0. The second kappa shape index (κ2) is 5.37. The zero-order valence-corrected chi connectivity index (χ0v) is 11.9. The van der Waals surface area contributed by atoms with Crippen LogP contribution in [0.2, 0.25) is 0 Å². The van der Waals surface area contributed by atoms with Crippen LogP contribution in [0.15, 0.2) is 59.6 Å². The van der Waals surface area contributed by atoms with Crippen LogP contribution in [0.3, 0.4) is 0 Å². The van der Waals surface area contributed by atoms with Gasteiger partial charge in [0.25, 0.3) is 0 Å². The number of anilines is 1. The minimum absolute atomic E-state index is 0.354. The molecule has 0 unspecified atom stereocenters. The first-order valence-corrected chi connectivity index (χ1v) is 7.00. The smallest absolute Gasteiger partial charge is 0.123 e. The van der Waals surface area contributed by atoms with E-state index >= 15 is 0 Å². The largest absolute Gasteiger partial charge is 0.285 e. The van der Waals surface area contributed by atoms with Gasteiger partial charge in [0.1, 0.15) is 5.84 Å². The average molecular weight is 265 g/mol. The lowest BCUT2D eigenvalue weighted by molar-refractivity contribution is 0.727. The summed E-state index contributed by atoms with van der Waals surface area (Å²) in [6, 6.07) is 18.7. The van der Waals surface area contributed by atoms with Crippen molar-refractivity contribution in [2.45, 2.75) is 20.4 Å². The summed E-state index contributed by atoms with van der Waals surface area (Å²) in [4.78, 5) is 4.78. The molecule has 0 amide bonds. The van der Waals surface area contributed by atoms with Crippen molar-refractivity contribution in [1.82, 2.24) is 5.43 Å². The minimum atomic E-state index is 0.354. The van der Waals surface area contributed by atoms with E-state index in [9.17, 15) is 0 Å². The van der Waals surface area contributed by atoms with Crippen molar-refractivity contribution in [3.05, 3.63) is 60.2 Å². The van der Waals surface area contributed by atoms with Crippen molar-refractivity contribution in [2.75, 3.05) is 5.01 Å². The van der Waals surface area contributed by atoms with E-state index in [2.05, 4.69) is 66.7 Å². The Labute approximate surface area is 119 Å². The molecule has 0 bridgehead atoms. The summed E-state index contributed by atoms with van der Waals surface area (Å²) in [6.45, 7) is 5.12. The fraction of sp³-hybridized carbons (Fsp3) is 0.235. The molecule has 0 atom stereocenters. The number of amidine groups is 1. The van der Waals surface area contributed by atoms with Gasteiger partial charge in [-0.2, -0.15) is 0 Å². The zero-order chi connectivity index (χ0) is 13.9. The average Bonchev–Trinajstić information content (AvgIpc) is 2.67. The number of hydrogen-bond acceptors (Lipinski definition) is 3. The van der Waals surface area contributed by atoms with Crippen molar-refractivity contribution >= 4 is 17.2 Å². The third-order valence-electron chi connectivity index (χ3n) is 3.43. The third-order valence-corrected chi connectivity index (χ3v) is 3.43. The predicted molar refractivity (Wildman–Crippen MR) is 84.1 cm³/mol. The highest BCUT2D eigenvalue weighted by Crippen LogP contribution is 2.26. The van der Waals surface area contributed by atoms with Crippen LogP contribution >= 0.6 is 0 Å². The van der Waals surface area contributed by atoms with Gasteiger partial charge in [-0.15, -0.1) is 0 Å².